The number of hydrogen-bond donors (Lipinski definition) is 4. The Labute approximate surface area is 78.6 Å². The third kappa shape index (κ3) is 4.13. The minimum absolute atomic E-state index is 1.42. The van der Waals surface area contributed by atoms with Crippen LogP contribution in [0.25, 0.3) is 0 Å². The molecule has 0 fully saturated rings. The second kappa shape index (κ2) is 4.32. The molecule has 0 spiro atoms. The number of hydrogen-bond acceptors (Lipinski definition) is 6. The van der Waals surface area contributed by atoms with E-state index in [9.17, 15) is 18.0 Å². The van der Waals surface area contributed by atoms with E-state index in [0.717, 1.165) is 0 Å². The van der Waals surface area contributed by atoms with Gasteiger partial charge in [-0.25, -0.2) is 4.18 Å². The third-order valence-electron chi connectivity index (χ3n) is 1.12. The van der Waals surface area contributed by atoms with Crippen LogP contribution in [0.5, 0.6) is 0 Å². The SMILES string of the molecule is NC(=O)[C@@H](OS(=O)(=O)O)[C@H](N)C(=O)O. The molecule has 10 heteroatoms. The largest absolute Gasteiger partial charge is 0.480 e. The summed E-state index contributed by atoms with van der Waals surface area (Å²) in [6.07, 6.45) is -2.15. The number of carbonyl (C=O) groups excluding carboxylic acids is 1. The van der Waals surface area contributed by atoms with Gasteiger partial charge in [-0.05, 0) is 0 Å². The molecule has 1 amide bonds. The number of carboxylic acid groups (broad SMARTS) is 1. The topological polar surface area (TPSA) is 170 Å². The Morgan fingerprint density at radius 1 is 1.36 bits per heavy atom. The average molecular weight is 228 g/mol. The molecule has 9 nitrogen and oxygen atoms in total. The van der Waals surface area contributed by atoms with Crippen LogP contribution in [0.4, 0.5) is 0 Å². The van der Waals surface area contributed by atoms with Gasteiger partial charge in [-0.2, -0.15) is 8.42 Å². The number of amides is 1. The Morgan fingerprint density at radius 2 is 1.79 bits per heavy atom. The van der Waals surface area contributed by atoms with Crippen molar-refractivity contribution in [3.63, 3.8) is 0 Å². The van der Waals surface area contributed by atoms with Crippen molar-refractivity contribution < 1.29 is 31.8 Å². The first-order chi connectivity index (χ1) is 6.15. The fraction of sp³-hybridized carbons (Fsp3) is 0.500. The Morgan fingerprint density at radius 3 is 2.00 bits per heavy atom. The van der Waals surface area contributed by atoms with Crippen LogP contribution in [0.1, 0.15) is 0 Å². The summed E-state index contributed by atoms with van der Waals surface area (Å²) in [7, 11) is -4.99. The van der Waals surface area contributed by atoms with E-state index in [1.807, 2.05) is 0 Å². The number of carbonyl (C=O) groups is 2. The molecule has 0 saturated heterocycles. The fourth-order valence-corrected chi connectivity index (χ4v) is 1.02. The molecule has 0 aromatic carbocycles. The molecule has 14 heavy (non-hydrogen) atoms. The summed E-state index contributed by atoms with van der Waals surface area (Å²) in [6, 6.07) is -1.98. The number of rotatable bonds is 5. The highest BCUT2D eigenvalue weighted by molar-refractivity contribution is 7.80. The highest BCUT2D eigenvalue weighted by atomic mass is 32.3. The Bertz CT molecular complexity index is 336. The van der Waals surface area contributed by atoms with Gasteiger partial charge in [-0.15, -0.1) is 0 Å². The maximum atomic E-state index is 10.5. The van der Waals surface area contributed by atoms with Crippen molar-refractivity contribution in [2.24, 2.45) is 11.5 Å². The number of carboxylic acids is 1. The van der Waals surface area contributed by atoms with E-state index < -0.39 is 34.4 Å². The van der Waals surface area contributed by atoms with Gasteiger partial charge in [0.2, 0.25) is 5.91 Å². The maximum Gasteiger partial charge on any atom is 0.398 e. The van der Waals surface area contributed by atoms with Gasteiger partial charge in [0.25, 0.3) is 0 Å². The van der Waals surface area contributed by atoms with Gasteiger partial charge in [-0.1, -0.05) is 0 Å². The maximum absolute atomic E-state index is 10.5. The summed E-state index contributed by atoms with van der Waals surface area (Å²) in [5.41, 5.74) is 9.47. The van der Waals surface area contributed by atoms with Gasteiger partial charge in [0.1, 0.15) is 6.04 Å². The summed E-state index contributed by atoms with van der Waals surface area (Å²) in [5.74, 6) is -3.12. The Hall–Kier alpha value is -1.23. The van der Waals surface area contributed by atoms with E-state index >= 15 is 0 Å². The zero-order chi connectivity index (χ0) is 11.5. The third-order valence-corrected chi connectivity index (χ3v) is 1.57. The predicted molar refractivity (Wildman–Crippen MR) is 41.2 cm³/mol. The summed E-state index contributed by atoms with van der Waals surface area (Å²) in [4.78, 5) is 20.7. The summed E-state index contributed by atoms with van der Waals surface area (Å²) < 4.78 is 32.1. The number of aliphatic carboxylic acids is 1. The zero-order valence-electron chi connectivity index (χ0n) is 6.65. The van der Waals surface area contributed by atoms with Crippen LogP contribution in [-0.4, -0.2) is 42.1 Å². The zero-order valence-corrected chi connectivity index (χ0v) is 7.47. The van der Waals surface area contributed by atoms with Crippen molar-refractivity contribution in [2.45, 2.75) is 12.1 Å². The first kappa shape index (κ1) is 12.8. The molecule has 0 aliphatic heterocycles. The summed E-state index contributed by atoms with van der Waals surface area (Å²) in [6.45, 7) is 0. The smallest absolute Gasteiger partial charge is 0.398 e. The fourth-order valence-electron chi connectivity index (χ4n) is 0.545. The van der Waals surface area contributed by atoms with Crippen LogP contribution >= 0.6 is 0 Å². The van der Waals surface area contributed by atoms with Crippen LogP contribution in [0, 0.1) is 0 Å². The van der Waals surface area contributed by atoms with Crippen molar-refractivity contribution in [1.29, 1.82) is 0 Å². The highest BCUT2D eigenvalue weighted by Crippen LogP contribution is 2.01. The normalized spacial score (nSPS) is 15.9. The molecule has 6 N–H and O–H groups in total. The van der Waals surface area contributed by atoms with E-state index in [2.05, 4.69) is 9.92 Å². The van der Waals surface area contributed by atoms with Gasteiger partial charge < -0.3 is 16.6 Å². The standard InChI is InChI=1S/C4H8N2O7S/c5-1(4(8)9)2(3(6)7)13-14(10,11)12/h1-2H,5H2,(H2,6,7)(H,8,9)(H,10,11,12)/t1-,2-/m0/s1. The highest BCUT2D eigenvalue weighted by Gasteiger charge is 2.33. The second-order valence-corrected chi connectivity index (χ2v) is 3.26. The molecular weight excluding hydrogens is 220 g/mol. The number of primary amides is 1. The molecule has 0 saturated carbocycles. The van der Waals surface area contributed by atoms with E-state index in [4.69, 9.17) is 15.4 Å². The molecule has 82 valence electrons. The lowest BCUT2D eigenvalue weighted by Crippen LogP contribution is -2.51. The predicted octanol–water partition coefficient (Wildman–Crippen LogP) is -2.93. The van der Waals surface area contributed by atoms with E-state index in [1.165, 1.54) is 0 Å². The van der Waals surface area contributed by atoms with Crippen molar-refractivity contribution in [1.82, 2.24) is 0 Å². The van der Waals surface area contributed by atoms with Gasteiger partial charge >= 0.3 is 16.4 Å². The van der Waals surface area contributed by atoms with E-state index in [0.29, 0.717) is 0 Å². The van der Waals surface area contributed by atoms with Crippen molar-refractivity contribution in [2.75, 3.05) is 0 Å². The lowest BCUT2D eigenvalue weighted by Gasteiger charge is -2.15. The summed E-state index contributed by atoms with van der Waals surface area (Å²) >= 11 is 0. The molecule has 0 heterocycles. The van der Waals surface area contributed by atoms with E-state index in [1.54, 1.807) is 0 Å². The molecule has 0 aliphatic rings. The minimum atomic E-state index is -4.99. The van der Waals surface area contributed by atoms with Gasteiger partial charge in [0.05, 0.1) is 0 Å². The lowest BCUT2D eigenvalue weighted by molar-refractivity contribution is -0.144. The molecule has 0 aliphatic carbocycles. The quantitative estimate of drug-likeness (QED) is 0.362. The van der Waals surface area contributed by atoms with Gasteiger partial charge in [0, 0.05) is 0 Å². The molecule has 0 rings (SSSR count). The molecular formula is C4H8N2O7S. The van der Waals surface area contributed by atoms with Crippen LogP contribution in [0.3, 0.4) is 0 Å². The molecule has 2 atom stereocenters. The van der Waals surface area contributed by atoms with Gasteiger partial charge in [-0.3, -0.25) is 14.1 Å². The summed E-state index contributed by atoms with van der Waals surface area (Å²) in [5, 5.41) is 8.31. The molecule has 0 aromatic rings. The van der Waals surface area contributed by atoms with Crippen LogP contribution in [0.2, 0.25) is 0 Å². The van der Waals surface area contributed by atoms with Crippen LogP contribution in [0.15, 0.2) is 0 Å². The van der Waals surface area contributed by atoms with Crippen molar-refractivity contribution >= 4 is 22.3 Å². The first-order valence-corrected chi connectivity index (χ1v) is 4.45. The first-order valence-electron chi connectivity index (χ1n) is 3.08. The van der Waals surface area contributed by atoms with Crippen LogP contribution < -0.4 is 11.5 Å². The van der Waals surface area contributed by atoms with Crippen molar-refractivity contribution in [3.05, 3.63) is 0 Å². The Balaban J connectivity index is 4.79. The monoisotopic (exact) mass is 228 g/mol. The Kier molecular flexibility index (Phi) is 3.94. The molecule has 0 radical (unpaired) electrons. The van der Waals surface area contributed by atoms with Crippen LogP contribution in [-0.2, 0) is 24.2 Å². The second-order valence-electron chi connectivity index (χ2n) is 2.21. The van der Waals surface area contributed by atoms with Crippen molar-refractivity contribution in [3.8, 4) is 0 Å². The minimum Gasteiger partial charge on any atom is -0.480 e. The number of nitrogens with two attached hydrogens (primary N) is 2. The molecule has 0 unspecified atom stereocenters. The van der Waals surface area contributed by atoms with Gasteiger partial charge in [0.15, 0.2) is 6.10 Å². The molecule has 0 aromatic heterocycles. The average Bonchev–Trinajstić information content (AvgIpc) is 1.96. The lowest BCUT2D eigenvalue weighted by atomic mass is 10.2. The van der Waals surface area contributed by atoms with E-state index in [-0.39, 0.29) is 0 Å². The molecule has 0 bridgehead atoms.